The average Bonchev–Trinajstić information content (AvgIpc) is 2.70. The highest BCUT2D eigenvalue weighted by molar-refractivity contribution is 9.10. The van der Waals surface area contributed by atoms with E-state index in [0.29, 0.717) is 5.89 Å². The molecule has 96 valence electrons. The van der Waals surface area contributed by atoms with Crippen molar-refractivity contribution < 1.29 is 9.21 Å². The van der Waals surface area contributed by atoms with Gasteiger partial charge < -0.3 is 9.73 Å². The van der Waals surface area contributed by atoms with E-state index >= 15 is 0 Å². The third-order valence-corrected chi connectivity index (χ3v) is 3.36. The van der Waals surface area contributed by atoms with Gasteiger partial charge in [0.1, 0.15) is 5.76 Å². The Morgan fingerprint density at radius 2 is 2.26 bits per heavy atom. The molecule has 0 saturated heterocycles. The van der Waals surface area contributed by atoms with Gasteiger partial charge in [0.25, 0.3) is 0 Å². The van der Waals surface area contributed by atoms with Gasteiger partial charge in [-0.2, -0.15) is 0 Å². The Bertz CT molecular complexity index is 689. The molecule has 0 spiro atoms. The number of fused-ring (bicyclic) bond motifs is 1. The molecule has 1 amide bonds. The molecular formula is C14H11BrN2O2. The Morgan fingerprint density at radius 1 is 1.42 bits per heavy atom. The molecule has 3 rings (SSSR count). The fourth-order valence-corrected chi connectivity index (χ4v) is 2.37. The first kappa shape index (κ1) is 12.2. The van der Waals surface area contributed by atoms with Gasteiger partial charge in [-0.05, 0) is 30.7 Å². The number of carbonyl (C=O) groups is 1. The fourth-order valence-electron chi connectivity index (χ4n) is 2.01. The monoisotopic (exact) mass is 318 g/mol. The molecular weight excluding hydrogens is 308 g/mol. The van der Waals surface area contributed by atoms with E-state index in [1.165, 1.54) is 0 Å². The highest BCUT2D eigenvalue weighted by Crippen LogP contribution is 2.30. The smallest absolute Gasteiger partial charge is 0.229 e. The van der Waals surface area contributed by atoms with Crippen LogP contribution in [0.2, 0.25) is 0 Å². The Balaban J connectivity index is 2.10. The summed E-state index contributed by atoms with van der Waals surface area (Å²) in [5, 5.41) is 2.88. The molecule has 5 heteroatoms. The van der Waals surface area contributed by atoms with E-state index in [2.05, 4.69) is 26.2 Å². The molecule has 4 nitrogen and oxygen atoms in total. The molecule has 2 aromatic rings. The van der Waals surface area contributed by atoms with E-state index < -0.39 is 0 Å². The second-order valence-electron chi connectivity index (χ2n) is 4.40. The quantitative estimate of drug-likeness (QED) is 0.873. The van der Waals surface area contributed by atoms with E-state index in [1.54, 1.807) is 6.20 Å². The number of benzene rings is 1. The fraction of sp³-hybridized carbons (Fsp3) is 0.143. The lowest BCUT2D eigenvalue weighted by Gasteiger charge is -2.05. The second kappa shape index (κ2) is 4.66. The minimum Gasteiger partial charge on any atom is -0.442 e. The van der Waals surface area contributed by atoms with Crippen molar-refractivity contribution in [1.82, 2.24) is 4.98 Å². The summed E-state index contributed by atoms with van der Waals surface area (Å²) in [6.07, 6.45) is 3.85. The molecule has 0 bridgehead atoms. The van der Waals surface area contributed by atoms with Crippen molar-refractivity contribution in [1.29, 1.82) is 0 Å². The molecule has 0 saturated carbocycles. The number of nitrogens with one attached hydrogen (secondary N) is 1. The number of hydrogen-bond acceptors (Lipinski definition) is 3. The van der Waals surface area contributed by atoms with Crippen LogP contribution in [0.5, 0.6) is 0 Å². The van der Waals surface area contributed by atoms with Crippen molar-refractivity contribution in [3.05, 3.63) is 46.1 Å². The maximum absolute atomic E-state index is 11.9. The average molecular weight is 319 g/mol. The van der Waals surface area contributed by atoms with Crippen molar-refractivity contribution in [3.8, 4) is 0 Å². The zero-order chi connectivity index (χ0) is 13.4. The Kier molecular flexibility index (Phi) is 2.98. The molecule has 0 atom stereocenters. The van der Waals surface area contributed by atoms with Gasteiger partial charge in [-0.3, -0.25) is 4.79 Å². The lowest BCUT2D eigenvalue weighted by Crippen LogP contribution is -2.10. The van der Waals surface area contributed by atoms with Gasteiger partial charge in [0.05, 0.1) is 12.6 Å². The van der Waals surface area contributed by atoms with Crippen LogP contribution >= 0.6 is 15.9 Å². The summed E-state index contributed by atoms with van der Waals surface area (Å²) < 4.78 is 6.42. The van der Waals surface area contributed by atoms with Crippen LogP contribution < -0.4 is 5.32 Å². The summed E-state index contributed by atoms with van der Waals surface area (Å²) >= 11 is 3.40. The van der Waals surface area contributed by atoms with Crippen molar-refractivity contribution in [2.45, 2.75) is 13.3 Å². The molecule has 1 N–H and O–H groups in total. The molecule has 1 aliphatic heterocycles. The highest BCUT2D eigenvalue weighted by Gasteiger charge is 2.18. The number of rotatable bonds is 1. The van der Waals surface area contributed by atoms with E-state index in [9.17, 15) is 4.79 Å². The number of oxazole rings is 1. The van der Waals surface area contributed by atoms with Crippen LogP contribution in [-0.4, -0.2) is 10.9 Å². The lowest BCUT2D eigenvalue weighted by molar-refractivity contribution is -0.115. The molecule has 0 fully saturated rings. The van der Waals surface area contributed by atoms with E-state index in [0.717, 1.165) is 27.1 Å². The van der Waals surface area contributed by atoms with Crippen LogP contribution in [0.25, 0.3) is 11.6 Å². The van der Waals surface area contributed by atoms with Gasteiger partial charge in [0.15, 0.2) is 0 Å². The number of amides is 1. The molecule has 1 aromatic heterocycles. The number of carbonyl (C=O) groups excluding carboxylic acids is 1. The van der Waals surface area contributed by atoms with Crippen LogP contribution in [0.4, 0.5) is 5.69 Å². The molecule has 0 unspecified atom stereocenters. The molecule has 1 aliphatic rings. The van der Waals surface area contributed by atoms with Crippen LogP contribution in [0, 0.1) is 6.92 Å². The maximum Gasteiger partial charge on any atom is 0.229 e. The van der Waals surface area contributed by atoms with Crippen molar-refractivity contribution in [2.24, 2.45) is 0 Å². The SMILES string of the molecule is Cc1cnc(C2=Cc3ccc(Br)cc3NC(=O)C2)o1. The zero-order valence-electron chi connectivity index (χ0n) is 10.2. The van der Waals surface area contributed by atoms with Crippen molar-refractivity contribution in [2.75, 3.05) is 5.32 Å². The number of halogens is 1. The predicted octanol–water partition coefficient (Wildman–Crippen LogP) is 3.63. The standard InChI is InChI=1S/C14H11BrN2O2/c1-8-7-16-14(19-8)10-4-9-2-3-11(15)6-12(9)17-13(18)5-10/h2-4,6-7H,5H2,1H3,(H,17,18). The van der Waals surface area contributed by atoms with Gasteiger partial charge in [-0.15, -0.1) is 0 Å². The summed E-state index contributed by atoms with van der Waals surface area (Å²) in [5.74, 6) is 1.17. The van der Waals surface area contributed by atoms with Gasteiger partial charge >= 0.3 is 0 Å². The topological polar surface area (TPSA) is 55.1 Å². The third kappa shape index (κ3) is 2.46. The normalized spacial score (nSPS) is 14.4. The first-order valence-electron chi connectivity index (χ1n) is 5.84. The second-order valence-corrected chi connectivity index (χ2v) is 5.32. The third-order valence-electron chi connectivity index (χ3n) is 2.87. The zero-order valence-corrected chi connectivity index (χ0v) is 11.8. The number of hydrogen-bond donors (Lipinski definition) is 1. The molecule has 0 radical (unpaired) electrons. The number of aromatic nitrogens is 1. The van der Waals surface area contributed by atoms with Gasteiger partial charge in [-0.1, -0.05) is 22.0 Å². The highest BCUT2D eigenvalue weighted by atomic mass is 79.9. The maximum atomic E-state index is 11.9. The van der Waals surface area contributed by atoms with Crippen molar-refractivity contribution in [3.63, 3.8) is 0 Å². The lowest BCUT2D eigenvalue weighted by atomic mass is 10.1. The Morgan fingerprint density at radius 3 is 3.00 bits per heavy atom. The molecule has 19 heavy (non-hydrogen) atoms. The first-order valence-corrected chi connectivity index (χ1v) is 6.64. The first-order chi connectivity index (χ1) is 9.11. The largest absolute Gasteiger partial charge is 0.442 e. The van der Waals surface area contributed by atoms with Crippen LogP contribution in [0.1, 0.15) is 23.6 Å². The minimum absolute atomic E-state index is 0.0704. The summed E-state index contributed by atoms with van der Waals surface area (Å²) in [6, 6.07) is 5.76. The molecule has 1 aromatic carbocycles. The summed E-state index contributed by atoms with van der Waals surface area (Å²) in [6.45, 7) is 1.83. The Labute approximate surface area is 118 Å². The van der Waals surface area contributed by atoms with Crippen molar-refractivity contribution >= 4 is 39.2 Å². The number of nitrogens with zero attached hydrogens (tertiary/aromatic N) is 1. The van der Waals surface area contributed by atoms with Crippen LogP contribution in [0.3, 0.4) is 0 Å². The van der Waals surface area contributed by atoms with Gasteiger partial charge in [-0.25, -0.2) is 4.98 Å². The van der Waals surface area contributed by atoms with Gasteiger partial charge in [0.2, 0.25) is 11.8 Å². The minimum atomic E-state index is -0.0704. The van der Waals surface area contributed by atoms with Gasteiger partial charge in [0, 0.05) is 15.7 Å². The number of aryl methyl sites for hydroxylation is 1. The van der Waals surface area contributed by atoms with E-state index in [-0.39, 0.29) is 12.3 Å². The molecule has 0 aliphatic carbocycles. The summed E-state index contributed by atoms with van der Waals surface area (Å²) in [5.41, 5.74) is 2.52. The summed E-state index contributed by atoms with van der Waals surface area (Å²) in [4.78, 5) is 16.1. The van der Waals surface area contributed by atoms with E-state index in [1.807, 2.05) is 31.2 Å². The summed E-state index contributed by atoms with van der Waals surface area (Å²) in [7, 11) is 0. The van der Waals surface area contributed by atoms with E-state index in [4.69, 9.17) is 4.42 Å². The van der Waals surface area contributed by atoms with Crippen LogP contribution in [0.15, 0.2) is 33.3 Å². The number of anilines is 1. The Hall–Kier alpha value is -1.88. The van der Waals surface area contributed by atoms with Crippen LogP contribution in [-0.2, 0) is 4.79 Å². The molecule has 2 heterocycles. The predicted molar refractivity (Wildman–Crippen MR) is 76.5 cm³/mol.